The van der Waals surface area contributed by atoms with E-state index in [2.05, 4.69) is 31.8 Å². The van der Waals surface area contributed by atoms with E-state index in [1.54, 1.807) is 25.2 Å². The van der Waals surface area contributed by atoms with Crippen LogP contribution in [-0.4, -0.2) is 94.9 Å². The molecule has 2 amide bonds. The van der Waals surface area contributed by atoms with E-state index in [1.165, 1.54) is 11.3 Å². The Labute approximate surface area is 185 Å². The van der Waals surface area contributed by atoms with E-state index < -0.39 is 0 Å². The third kappa shape index (κ3) is 4.96. The number of urea groups is 1. The predicted molar refractivity (Wildman–Crippen MR) is 117 cm³/mol. The molecule has 2 N–H and O–H groups in total. The molecule has 2 aliphatic rings. The van der Waals surface area contributed by atoms with Crippen LogP contribution in [0.15, 0.2) is 6.20 Å². The molecule has 2 saturated heterocycles. The number of aromatic nitrogens is 4. The van der Waals surface area contributed by atoms with Gasteiger partial charge in [-0.15, -0.1) is 0 Å². The van der Waals surface area contributed by atoms with E-state index in [0.717, 1.165) is 17.7 Å². The van der Waals surface area contributed by atoms with Gasteiger partial charge in [0.2, 0.25) is 5.95 Å². The summed E-state index contributed by atoms with van der Waals surface area (Å²) in [4.78, 5) is 36.4. The van der Waals surface area contributed by atoms with Crippen molar-refractivity contribution in [3.63, 3.8) is 0 Å². The molecular formula is C19H28N8O3S. The maximum Gasteiger partial charge on any atom is 0.322 e. The number of ether oxygens (including phenoxy) is 2. The van der Waals surface area contributed by atoms with Gasteiger partial charge in [0.15, 0.2) is 11.0 Å². The third-order valence-electron chi connectivity index (χ3n) is 5.34. The number of carbonyl (C=O) groups excluding carboxylic acids is 1. The van der Waals surface area contributed by atoms with Crippen LogP contribution in [0, 0.1) is 0 Å². The minimum atomic E-state index is -0.0667. The lowest BCUT2D eigenvalue weighted by Gasteiger charge is -2.34. The quantitative estimate of drug-likeness (QED) is 0.738. The number of rotatable bonds is 4. The first-order chi connectivity index (χ1) is 14.9. The number of carbonyl (C=O) groups is 1. The van der Waals surface area contributed by atoms with Crippen molar-refractivity contribution in [1.82, 2.24) is 29.7 Å². The fourth-order valence-corrected chi connectivity index (χ4v) is 4.27. The van der Waals surface area contributed by atoms with E-state index in [1.807, 2.05) is 4.90 Å². The molecule has 31 heavy (non-hydrogen) atoms. The number of nitrogen functional groups attached to an aromatic ring is 1. The number of thiazole rings is 1. The van der Waals surface area contributed by atoms with Gasteiger partial charge < -0.3 is 29.9 Å². The summed E-state index contributed by atoms with van der Waals surface area (Å²) in [6, 6.07) is 0.444. The minimum absolute atomic E-state index is 0.0206. The Morgan fingerprint density at radius 1 is 1.26 bits per heavy atom. The molecule has 0 bridgehead atoms. The number of likely N-dealkylation sites (tertiary alicyclic amines) is 1. The number of nitrogens with zero attached hydrogens (tertiary/aromatic N) is 7. The van der Waals surface area contributed by atoms with Crippen LogP contribution in [0.5, 0.6) is 6.01 Å². The fraction of sp³-hybridized carbons (Fsp3) is 0.632. The Morgan fingerprint density at radius 3 is 2.68 bits per heavy atom. The van der Waals surface area contributed by atoms with Gasteiger partial charge in [-0.2, -0.15) is 15.0 Å². The summed E-state index contributed by atoms with van der Waals surface area (Å²) in [5, 5.41) is 0.456. The van der Waals surface area contributed by atoms with Crippen molar-refractivity contribution < 1.29 is 14.3 Å². The van der Waals surface area contributed by atoms with Crippen LogP contribution < -0.4 is 15.4 Å². The Morgan fingerprint density at radius 2 is 2.03 bits per heavy atom. The van der Waals surface area contributed by atoms with E-state index in [-0.39, 0.29) is 24.2 Å². The van der Waals surface area contributed by atoms with Crippen LogP contribution in [0.3, 0.4) is 0 Å². The zero-order valence-corrected chi connectivity index (χ0v) is 18.8. The Bertz CT molecular complexity index is 915. The monoisotopic (exact) mass is 448 g/mol. The summed E-state index contributed by atoms with van der Waals surface area (Å²) >= 11 is 1.32. The van der Waals surface area contributed by atoms with Gasteiger partial charge in [0.05, 0.1) is 30.3 Å². The molecule has 0 aromatic carbocycles. The molecule has 2 aromatic heterocycles. The minimum Gasteiger partial charge on any atom is -0.460 e. The second-order valence-corrected chi connectivity index (χ2v) is 8.97. The average Bonchev–Trinajstić information content (AvgIpc) is 3.20. The van der Waals surface area contributed by atoms with Gasteiger partial charge in [0.1, 0.15) is 6.10 Å². The normalized spacial score (nSPS) is 20.0. The number of nitrogens with two attached hydrogens (primary N) is 1. The maximum absolute atomic E-state index is 12.2. The standard InChI is InChI=1S/C19H28N8O3S/c1-12-11-29-9-8-27(12)17-22-15(14-10-21-16(20)31-14)23-18(24-17)30-13-4-6-26(7-5-13)19(28)25(2)3/h10,12-13H,4-9,11H2,1-3H3,(H2,20,21). The van der Waals surface area contributed by atoms with Crippen molar-refractivity contribution in [3.05, 3.63) is 6.20 Å². The molecule has 12 heteroatoms. The zero-order chi connectivity index (χ0) is 22.0. The molecule has 4 heterocycles. The van der Waals surface area contributed by atoms with Crippen LogP contribution in [0.25, 0.3) is 10.7 Å². The first-order valence-corrected chi connectivity index (χ1v) is 11.2. The Balaban J connectivity index is 1.54. The highest BCUT2D eigenvalue weighted by atomic mass is 32.1. The SMILES string of the molecule is CC1COCCN1c1nc(OC2CCN(C(=O)N(C)C)CC2)nc(-c2cnc(N)s2)n1. The molecule has 4 rings (SSSR count). The molecule has 1 atom stereocenters. The summed E-state index contributed by atoms with van der Waals surface area (Å²) in [7, 11) is 3.52. The van der Waals surface area contributed by atoms with E-state index in [0.29, 0.717) is 49.8 Å². The predicted octanol–water partition coefficient (Wildman–Crippen LogP) is 1.33. The zero-order valence-electron chi connectivity index (χ0n) is 18.0. The molecular weight excluding hydrogens is 420 g/mol. The van der Waals surface area contributed by atoms with Crippen molar-refractivity contribution in [2.45, 2.75) is 31.9 Å². The maximum atomic E-state index is 12.2. The fourth-order valence-electron chi connectivity index (χ4n) is 3.65. The highest BCUT2D eigenvalue weighted by Crippen LogP contribution is 2.28. The number of morpholine rings is 1. The summed E-state index contributed by atoms with van der Waals surface area (Å²) in [6.07, 6.45) is 3.04. The lowest BCUT2D eigenvalue weighted by atomic mass is 10.1. The molecule has 0 spiro atoms. The average molecular weight is 449 g/mol. The van der Waals surface area contributed by atoms with Gasteiger partial charge in [0.25, 0.3) is 0 Å². The van der Waals surface area contributed by atoms with E-state index in [9.17, 15) is 4.79 Å². The van der Waals surface area contributed by atoms with Crippen LogP contribution in [0.4, 0.5) is 15.9 Å². The largest absolute Gasteiger partial charge is 0.460 e. The lowest BCUT2D eigenvalue weighted by molar-refractivity contribution is 0.0926. The molecule has 2 fully saturated rings. The first-order valence-electron chi connectivity index (χ1n) is 10.4. The topological polar surface area (TPSA) is 123 Å². The van der Waals surface area contributed by atoms with E-state index >= 15 is 0 Å². The van der Waals surface area contributed by atoms with Crippen molar-refractivity contribution in [2.75, 3.05) is 57.6 Å². The first kappa shape index (κ1) is 21.5. The third-order valence-corrected chi connectivity index (χ3v) is 6.16. The highest BCUT2D eigenvalue weighted by molar-refractivity contribution is 7.18. The van der Waals surface area contributed by atoms with Gasteiger partial charge in [-0.3, -0.25) is 0 Å². The number of anilines is 2. The summed E-state index contributed by atoms with van der Waals surface area (Å²) in [6.45, 7) is 5.28. The number of amides is 2. The Kier molecular flexibility index (Phi) is 6.37. The summed E-state index contributed by atoms with van der Waals surface area (Å²) in [5.41, 5.74) is 5.81. The van der Waals surface area contributed by atoms with Crippen LogP contribution in [0.1, 0.15) is 19.8 Å². The van der Waals surface area contributed by atoms with Crippen molar-refractivity contribution >= 4 is 28.4 Å². The number of hydrogen-bond donors (Lipinski definition) is 1. The van der Waals surface area contributed by atoms with Gasteiger partial charge in [-0.1, -0.05) is 11.3 Å². The molecule has 0 radical (unpaired) electrons. The van der Waals surface area contributed by atoms with Crippen molar-refractivity contribution in [1.29, 1.82) is 0 Å². The summed E-state index contributed by atoms with van der Waals surface area (Å²) in [5.74, 6) is 1.05. The lowest BCUT2D eigenvalue weighted by Crippen LogP contribution is -2.46. The molecule has 0 saturated carbocycles. The highest BCUT2D eigenvalue weighted by Gasteiger charge is 2.27. The molecule has 11 nitrogen and oxygen atoms in total. The van der Waals surface area contributed by atoms with E-state index in [4.69, 9.17) is 15.2 Å². The second-order valence-electron chi connectivity index (χ2n) is 7.90. The smallest absolute Gasteiger partial charge is 0.322 e. The second kappa shape index (κ2) is 9.18. The van der Waals surface area contributed by atoms with Gasteiger partial charge >= 0.3 is 12.0 Å². The Hall–Kier alpha value is -2.73. The van der Waals surface area contributed by atoms with Gasteiger partial charge in [-0.25, -0.2) is 9.78 Å². The number of hydrogen-bond acceptors (Lipinski definition) is 10. The van der Waals surface area contributed by atoms with Crippen molar-refractivity contribution in [3.8, 4) is 16.7 Å². The van der Waals surface area contributed by atoms with Crippen molar-refractivity contribution in [2.24, 2.45) is 0 Å². The molecule has 0 aliphatic carbocycles. The number of piperidine rings is 1. The molecule has 168 valence electrons. The van der Waals surface area contributed by atoms with Gasteiger partial charge in [-0.05, 0) is 6.92 Å². The summed E-state index contributed by atoms with van der Waals surface area (Å²) < 4.78 is 11.7. The van der Waals surface area contributed by atoms with Gasteiger partial charge in [0, 0.05) is 46.6 Å². The molecule has 2 aromatic rings. The molecule has 1 unspecified atom stereocenters. The van der Waals surface area contributed by atoms with Crippen LogP contribution in [-0.2, 0) is 4.74 Å². The van der Waals surface area contributed by atoms with Crippen LogP contribution >= 0.6 is 11.3 Å². The van der Waals surface area contributed by atoms with Crippen LogP contribution in [0.2, 0.25) is 0 Å². The molecule has 2 aliphatic heterocycles.